The Bertz CT molecular complexity index is 671. The topological polar surface area (TPSA) is 80.9 Å². The van der Waals surface area contributed by atoms with Crippen LogP contribution in [0.15, 0.2) is 36.7 Å². The predicted octanol–water partition coefficient (Wildman–Crippen LogP) is 2.57. The van der Waals surface area contributed by atoms with Gasteiger partial charge in [-0.05, 0) is 24.6 Å². The summed E-state index contributed by atoms with van der Waals surface area (Å²) in [6.07, 6.45) is -1.71. The van der Waals surface area contributed by atoms with Gasteiger partial charge in [0.25, 0.3) is 5.91 Å². The van der Waals surface area contributed by atoms with Gasteiger partial charge in [0.2, 0.25) is 0 Å². The molecule has 22 heavy (non-hydrogen) atoms. The van der Waals surface area contributed by atoms with Gasteiger partial charge in [-0.25, -0.2) is 9.97 Å². The Hall–Kier alpha value is -2.64. The van der Waals surface area contributed by atoms with Gasteiger partial charge in [-0.15, -0.1) is 0 Å². The van der Waals surface area contributed by atoms with Crippen molar-refractivity contribution in [3.05, 3.63) is 53.5 Å². The van der Waals surface area contributed by atoms with Crippen LogP contribution in [0.25, 0.3) is 0 Å². The number of benzene rings is 1. The van der Waals surface area contributed by atoms with Gasteiger partial charge in [0, 0.05) is 12.4 Å². The van der Waals surface area contributed by atoms with E-state index in [2.05, 4.69) is 15.3 Å². The molecule has 2 aromatic rings. The van der Waals surface area contributed by atoms with E-state index in [0.29, 0.717) is 5.56 Å². The molecule has 0 saturated heterocycles. The summed E-state index contributed by atoms with van der Waals surface area (Å²) < 4.78 is 37.5. The molecule has 0 radical (unpaired) electrons. The smallest absolute Gasteiger partial charge is 0.382 e. The average Bonchev–Trinajstić information content (AvgIpc) is 2.46. The van der Waals surface area contributed by atoms with Crippen LogP contribution < -0.4 is 11.1 Å². The Labute approximate surface area is 124 Å². The number of halogens is 3. The molecular formula is C14H13F3N4O. The third-order valence-corrected chi connectivity index (χ3v) is 3.03. The first-order valence-electron chi connectivity index (χ1n) is 6.33. The number of rotatable bonds is 3. The molecule has 0 aliphatic rings. The van der Waals surface area contributed by atoms with Gasteiger partial charge in [-0.1, -0.05) is 12.1 Å². The van der Waals surface area contributed by atoms with E-state index in [1.807, 2.05) is 0 Å². The molecule has 1 atom stereocenters. The summed E-state index contributed by atoms with van der Waals surface area (Å²) in [5.41, 5.74) is 5.31. The first-order chi connectivity index (χ1) is 10.3. The van der Waals surface area contributed by atoms with E-state index in [-0.39, 0.29) is 11.5 Å². The summed E-state index contributed by atoms with van der Waals surface area (Å²) in [7, 11) is 0. The number of nitrogens with two attached hydrogens (primary N) is 1. The second-order valence-electron chi connectivity index (χ2n) is 4.61. The molecule has 2 rings (SSSR count). The fourth-order valence-electron chi connectivity index (χ4n) is 1.83. The number of nitrogens with zero attached hydrogens (tertiary/aromatic N) is 2. The first-order valence-corrected chi connectivity index (χ1v) is 6.33. The zero-order valence-electron chi connectivity index (χ0n) is 11.6. The van der Waals surface area contributed by atoms with Crippen molar-refractivity contribution in [1.82, 2.24) is 15.3 Å². The molecule has 8 heteroatoms. The number of amides is 1. The van der Waals surface area contributed by atoms with Crippen LogP contribution in [0.3, 0.4) is 0 Å². The number of hydrogen-bond acceptors (Lipinski definition) is 4. The van der Waals surface area contributed by atoms with E-state index >= 15 is 0 Å². The molecule has 1 aromatic heterocycles. The zero-order valence-corrected chi connectivity index (χ0v) is 11.6. The van der Waals surface area contributed by atoms with Crippen molar-refractivity contribution >= 4 is 11.7 Å². The molecule has 0 aliphatic carbocycles. The summed E-state index contributed by atoms with van der Waals surface area (Å²) in [5.74, 6) is -0.558. The number of nitrogen functional groups attached to an aromatic ring is 1. The Balaban J connectivity index is 2.11. The van der Waals surface area contributed by atoms with Gasteiger partial charge < -0.3 is 11.1 Å². The lowest BCUT2D eigenvalue weighted by Gasteiger charge is -2.15. The maximum Gasteiger partial charge on any atom is 0.416 e. The fourth-order valence-corrected chi connectivity index (χ4v) is 1.83. The Morgan fingerprint density at radius 2 is 1.77 bits per heavy atom. The van der Waals surface area contributed by atoms with Crippen LogP contribution >= 0.6 is 0 Å². The maximum atomic E-state index is 12.5. The van der Waals surface area contributed by atoms with Crippen LogP contribution in [0.2, 0.25) is 0 Å². The maximum absolute atomic E-state index is 12.5. The molecular weight excluding hydrogens is 297 g/mol. The summed E-state index contributed by atoms with van der Waals surface area (Å²) in [5, 5.41) is 2.61. The number of hydrogen-bond donors (Lipinski definition) is 2. The van der Waals surface area contributed by atoms with Crippen LogP contribution in [0.1, 0.15) is 34.6 Å². The molecule has 0 fully saturated rings. The molecule has 0 saturated carbocycles. The number of nitrogens with one attached hydrogen (secondary N) is 1. The third kappa shape index (κ3) is 3.51. The van der Waals surface area contributed by atoms with Gasteiger partial charge in [0.1, 0.15) is 0 Å². The van der Waals surface area contributed by atoms with E-state index in [1.54, 1.807) is 6.92 Å². The van der Waals surface area contributed by atoms with Crippen molar-refractivity contribution in [3.8, 4) is 0 Å². The van der Waals surface area contributed by atoms with Crippen molar-refractivity contribution in [2.24, 2.45) is 0 Å². The monoisotopic (exact) mass is 310 g/mol. The van der Waals surface area contributed by atoms with Gasteiger partial charge in [0.15, 0.2) is 11.5 Å². The quantitative estimate of drug-likeness (QED) is 0.913. The van der Waals surface area contributed by atoms with E-state index in [0.717, 1.165) is 12.1 Å². The summed E-state index contributed by atoms with van der Waals surface area (Å²) in [6.45, 7) is 1.65. The lowest BCUT2D eigenvalue weighted by molar-refractivity contribution is -0.137. The minimum absolute atomic E-state index is 0.0142. The highest BCUT2D eigenvalue weighted by Crippen LogP contribution is 2.29. The van der Waals surface area contributed by atoms with Crippen molar-refractivity contribution < 1.29 is 18.0 Å². The summed E-state index contributed by atoms with van der Waals surface area (Å²) in [6, 6.07) is 4.06. The SMILES string of the molecule is C[C@H](NC(=O)c1nccnc1N)c1ccc(C(F)(F)F)cc1. The number of aromatic nitrogens is 2. The summed E-state index contributed by atoms with van der Waals surface area (Å²) in [4.78, 5) is 19.6. The van der Waals surface area contributed by atoms with Gasteiger partial charge in [0.05, 0.1) is 11.6 Å². The molecule has 0 spiro atoms. The second kappa shape index (κ2) is 6.00. The molecule has 0 bridgehead atoms. The molecule has 0 unspecified atom stereocenters. The molecule has 0 aliphatic heterocycles. The largest absolute Gasteiger partial charge is 0.416 e. The van der Waals surface area contributed by atoms with Gasteiger partial charge in [-0.2, -0.15) is 13.2 Å². The normalized spacial score (nSPS) is 12.7. The Morgan fingerprint density at radius 3 is 2.32 bits per heavy atom. The average molecular weight is 310 g/mol. The van der Waals surface area contributed by atoms with Gasteiger partial charge >= 0.3 is 6.18 Å². The van der Waals surface area contributed by atoms with Gasteiger partial charge in [-0.3, -0.25) is 4.79 Å². The first kappa shape index (κ1) is 15.7. The zero-order chi connectivity index (χ0) is 16.3. The van der Waals surface area contributed by atoms with Crippen molar-refractivity contribution in [1.29, 1.82) is 0 Å². The van der Waals surface area contributed by atoms with Crippen LogP contribution in [0.4, 0.5) is 19.0 Å². The number of carbonyl (C=O) groups excluding carboxylic acids is 1. The van der Waals surface area contributed by atoms with E-state index < -0.39 is 23.7 Å². The van der Waals surface area contributed by atoms with Crippen LogP contribution in [0, 0.1) is 0 Å². The molecule has 116 valence electrons. The number of anilines is 1. The molecule has 1 heterocycles. The molecule has 1 amide bonds. The minimum Gasteiger partial charge on any atom is -0.382 e. The van der Waals surface area contributed by atoms with Crippen molar-refractivity contribution in [3.63, 3.8) is 0 Å². The highest BCUT2D eigenvalue weighted by atomic mass is 19.4. The van der Waals surface area contributed by atoms with Crippen LogP contribution in [0.5, 0.6) is 0 Å². The fraction of sp³-hybridized carbons (Fsp3) is 0.214. The predicted molar refractivity (Wildman–Crippen MR) is 73.8 cm³/mol. The standard InChI is InChI=1S/C14H13F3N4O/c1-8(9-2-4-10(5-3-9)14(15,16)17)21-13(22)11-12(18)20-7-6-19-11/h2-8H,1H3,(H2,18,20)(H,21,22)/t8-/m0/s1. The van der Waals surface area contributed by atoms with Crippen molar-refractivity contribution in [2.45, 2.75) is 19.1 Å². The molecule has 3 N–H and O–H groups in total. The highest BCUT2D eigenvalue weighted by Gasteiger charge is 2.30. The Kier molecular flexibility index (Phi) is 4.30. The van der Waals surface area contributed by atoms with Crippen LogP contribution in [-0.4, -0.2) is 15.9 Å². The lowest BCUT2D eigenvalue weighted by atomic mass is 10.1. The van der Waals surface area contributed by atoms with Crippen molar-refractivity contribution in [2.75, 3.05) is 5.73 Å². The summed E-state index contributed by atoms with van der Waals surface area (Å²) >= 11 is 0. The molecule has 1 aromatic carbocycles. The van der Waals surface area contributed by atoms with Crippen LogP contribution in [-0.2, 0) is 6.18 Å². The lowest BCUT2D eigenvalue weighted by Crippen LogP contribution is -2.28. The minimum atomic E-state index is -4.39. The third-order valence-electron chi connectivity index (χ3n) is 3.03. The van der Waals surface area contributed by atoms with E-state index in [1.165, 1.54) is 24.5 Å². The second-order valence-corrected chi connectivity index (χ2v) is 4.61. The number of alkyl halides is 3. The highest BCUT2D eigenvalue weighted by molar-refractivity contribution is 5.96. The number of carbonyl (C=O) groups is 1. The van der Waals surface area contributed by atoms with E-state index in [4.69, 9.17) is 5.73 Å². The van der Waals surface area contributed by atoms with E-state index in [9.17, 15) is 18.0 Å². The Morgan fingerprint density at radius 1 is 1.18 bits per heavy atom. The molecule has 5 nitrogen and oxygen atoms in total.